The fourth-order valence-electron chi connectivity index (χ4n) is 1.15. The molecule has 0 aliphatic carbocycles. The fraction of sp³-hybridized carbons (Fsp3) is 0.417. The van der Waals surface area contributed by atoms with Crippen molar-refractivity contribution in [1.29, 1.82) is 0 Å². The molecule has 4 heteroatoms. The number of hydrogen-bond donors (Lipinski definition) is 2. The topological polar surface area (TPSA) is 66.8 Å². The van der Waals surface area contributed by atoms with Gasteiger partial charge in [-0.2, -0.15) is 0 Å². The van der Waals surface area contributed by atoms with E-state index in [1.54, 1.807) is 20.8 Å². The largest absolute Gasteiger partial charge is 0.508 e. The first kappa shape index (κ1) is 12.5. The Morgan fingerprint density at radius 3 is 2.19 bits per heavy atom. The van der Waals surface area contributed by atoms with Gasteiger partial charge in [0.05, 0.1) is 0 Å². The maximum Gasteiger partial charge on any atom is 0.340 e. The number of carbonyl (C=O) groups excluding carboxylic acids is 1. The molecule has 16 heavy (non-hydrogen) atoms. The zero-order valence-electron chi connectivity index (χ0n) is 9.60. The number of phenolic OH excluding ortho intramolecular Hbond substituents is 1. The summed E-state index contributed by atoms with van der Waals surface area (Å²) in [6, 6.07) is 5.76. The van der Waals surface area contributed by atoms with Crippen LogP contribution in [0, 0.1) is 0 Å². The Bertz CT molecular complexity index is 362. The van der Waals surface area contributed by atoms with Gasteiger partial charge in [0.25, 0.3) is 0 Å². The summed E-state index contributed by atoms with van der Waals surface area (Å²) >= 11 is 0. The molecule has 1 unspecified atom stereocenters. The molecule has 0 radical (unpaired) electrons. The Labute approximate surface area is 94.5 Å². The molecule has 1 aromatic rings. The molecule has 4 nitrogen and oxygen atoms in total. The van der Waals surface area contributed by atoms with Crippen LogP contribution in [0.4, 0.5) is 0 Å². The summed E-state index contributed by atoms with van der Waals surface area (Å²) < 4.78 is 5.03. The van der Waals surface area contributed by atoms with Gasteiger partial charge in [0.2, 0.25) is 0 Å². The molecule has 0 aliphatic heterocycles. The number of hydrogen-bond acceptors (Lipinski definition) is 4. The molecule has 0 saturated carbocycles. The molecule has 0 heterocycles. The van der Waals surface area contributed by atoms with E-state index in [9.17, 15) is 9.90 Å². The number of phenols is 1. The first-order valence-electron chi connectivity index (χ1n) is 4.99. The zero-order valence-corrected chi connectivity index (χ0v) is 9.60. The van der Waals surface area contributed by atoms with Crippen LogP contribution in [0.2, 0.25) is 0 Å². The molecule has 1 rings (SSSR count). The van der Waals surface area contributed by atoms with Crippen LogP contribution in [0.1, 0.15) is 32.4 Å². The van der Waals surface area contributed by atoms with E-state index in [-0.39, 0.29) is 5.75 Å². The third-order valence-electron chi connectivity index (χ3n) is 1.84. The van der Waals surface area contributed by atoms with Gasteiger partial charge >= 0.3 is 5.97 Å². The second-order valence-electron chi connectivity index (χ2n) is 4.53. The Hall–Kier alpha value is -1.55. The standard InChI is InChI=1S/C12H16O4/c1-12(2,3)16-11(15)10(14)8-4-6-9(13)7-5-8/h4-7,10,13-14H,1-3H3. The van der Waals surface area contributed by atoms with E-state index in [1.807, 2.05) is 0 Å². The number of rotatable bonds is 2. The number of esters is 1. The summed E-state index contributed by atoms with van der Waals surface area (Å²) in [7, 11) is 0. The average molecular weight is 224 g/mol. The van der Waals surface area contributed by atoms with Gasteiger partial charge in [0.15, 0.2) is 6.10 Å². The molecule has 88 valence electrons. The highest BCUT2D eigenvalue weighted by Gasteiger charge is 2.24. The molecule has 0 amide bonds. The normalized spacial score (nSPS) is 13.2. The molecule has 0 aromatic heterocycles. The minimum Gasteiger partial charge on any atom is -0.508 e. The molecule has 0 aliphatic rings. The van der Waals surface area contributed by atoms with E-state index in [0.29, 0.717) is 5.56 Å². The average Bonchev–Trinajstić information content (AvgIpc) is 2.15. The van der Waals surface area contributed by atoms with Gasteiger partial charge in [-0.1, -0.05) is 12.1 Å². The maximum absolute atomic E-state index is 11.5. The van der Waals surface area contributed by atoms with Gasteiger partial charge in [-0.05, 0) is 38.5 Å². The third kappa shape index (κ3) is 3.55. The van der Waals surface area contributed by atoms with E-state index < -0.39 is 17.7 Å². The predicted molar refractivity (Wildman–Crippen MR) is 58.9 cm³/mol. The molecule has 0 fully saturated rings. The lowest BCUT2D eigenvalue weighted by molar-refractivity contribution is -0.165. The second-order valence-corrected chi connectivity index (χ2v) is 4.53. The highest BCUT2D eigenvalue weighted by molar-refractivity contribution is 5.76. The van der Waals surface area contributed by atoms with Gasteiger partial charge < -0.3 is 14.9 Å². The Balaban J connectivity index is 2.74. The van der Waals surface area contributed by atoms with Crippen LogP contribution < -0.4 is 0 Å². The fourth-order valence-corrected chi connectivity index (χ4v) is 1.15. The van der Waals surface area contributed by atoms with E-state index in [0.717, 1.165) is 0 Å². The molecule has 1 atom stereocenters. The van der Waals surface area contributed by atoms with Crippen molar-refractivity contribution >= 4 is 5.97 Å². The summed E-state index contributed by atoms with van der Waals surface area (Å²) in [5.41, 5.74) is -0.235. The van der Waals surface area contributed by atoms with Crippen LogP contribution in [0.3, 0.4) is 0 Å². The van der Waals surface area contributed by atoms with Crippen molar-refractivity contribution in [3.8, 4) is 5.75 Å². The van der Waals surface area contributed by atoms with Crippen molar-refractivity contribution in [1.82, 2.24) is 0 Å². The van der Waals surface area contributed by atoms with E-state index in [2.05, 4.69) is 0 Å². The molecule has 0 saturated heterocycles. The smallest absolute Gasteiger partial charge is 0.340 e. The minimum absolute atomic E-state index is 0.0835. The number of aromatic hydroxyl groups is 1. The molecule has 1 aromatic carbocycles. The van der Waals surface area contributed by atoms with Crippen molar-refractivity contribution in [3.05, 3.63) is 29.8 Å². The maximum atomic E-state index is 11.5. The monoisotopic (exact) mass is 224 g/mol. The highest BCUT2D eigenvalue weighted by Crippen LogP contribution is 2.20. The number of benzene rings is 1. The summed E-state index contributed by atoms with van der Waals surface area (Å²) in [4.78, 5) is 11.5. The summed E-state index contributed by atoms with van der Waals surface area (Å²) in [6.07, 6.45) is -1.32. The van der Waals surface area contributed by atoms with Gasteiger partial charge in [0.1, 0.15) is 11.4 Å². The SMILES string of the molecule is CC(C)(C)OC(=O)C(O)c1ccc(O)cc1. The lowest BCUT2D eigenvalue weighted by atomic mass is 10.1. The van der Waals surface area contributed by atoms with Crippen molar-refractivity contribution in [2.24, 2.45) is 0 Å². The zero-order chi connectivity index (χ0) is 12.3. The first-order valence-corrected chi connectivity index (χ1v) is 4.99. The van der Waals surface area contributed by atoms with Crippen LogP contribution in [0.5, 0.6) is 5.75 Å². The van der Waals surface area contributed by atoms with Crippen molar-refractivity contribution < 1.29 is 19.7 Å². The lowest BCUT2D eigenvalue weighted by Gasteiger charge is -2.21. The lowest BCUT2D eigenvalue weighted by Crippen LogP contribution is -2.27. The third-order valence-corrected chi connectivity index (χ3v) is 1.84. The van der Waals surface area contributed by atoms with Crippen LogP contribution in [-0.2, 0) is 9.53 Å². The van der Waals surface area contributed by atoms with Crippen LogP contribution >= 0.6 is 0 Å². The summed E-state index contributed by atoms with van der Waals surface area (Å²) in [5.74, 6) is -0.613. The number of aliphatic hydroxyl groups is 1. The van der Waals surface area contributed by atoms with Crippen molar-refractivity contribution in [2.45, 2.75) is 32.5 Å². The molecule has 0 spiro atoms. The summed E-state index contributed by atoms with van der Waals surface area (Å²) in [6.45, 7) is 5.19. The van der Waals surface area contributed by atoms with Crippen molar-refractivity contribution in [3.63, 3.8) is 0 Å². The first-order chi connectivity index (χ1) is 7.29. The minimum atomic E-state index is -1.32. The van der Waals surface area contributed by atoms with E-state index >= 15 is 0 Å². The number of aliphatic hydroxyl groups excluding tert-OH is 1. The highest BCUT2D eigenvalue weighted by atomic mass is 16.6. The quantitative estimate of drug-likeness (QED) is 0.751. The van der Waals surface area contributed by atoms with E-state index in [1.165, 1.54) is 24.3 Å². The molecular weight excluding hydrogens is 208 g/mol. The van der Waals surface area contributed by atoms with Crippen LogP contribution in [0.15, 0.2) is 24.3 Å². The predicted octanol–water partition coefficient (Wildman–Crippen LogP) is 1.77. The molecule has 0 bridgehead atoms. The number of ether oxygens (including phenoxy) is 1. The van der Waals surface area contributed by atoms with Gasteiger partial charge in [-0.15, -0.1) is 0 Å². The van der Waals surface area contributed by atoms with Crippen LogP contribution in [-0.4, -0.2) is 21.8 Å². The molecular formula is C12H16O4. The summed E-state index contributed by atoms with van der Waals surface area (Å²) in [5, 5.41) is 18.8. The molecule has 2 N–H and O–H groups in total. The van der Waals surface area contributed by atoms with Gasteiger partial charge in [-0.3, -0.25) is 0 Å². The van der Waals surface area contributed by atoms with Crippen LogP contribution in [0.25, 0.3) is 0 Å². The Kier molecular flexibility index (Phi) is 3.55. The Morgan fingerprint density at radius 1 is 1.25 bits per heavy atom. The van der Waals surface area contributed by atoms with Gasteiger partial charge in [-0.25, -0.2) is 4.79 Å². The Morgan fingerprint density at radius 2 is 1.75 bits per heavy atom. The number of carbonyl (C=O) groups is 1. The van der Waals surface area contributed by atoms with Gasteiger partial charge in [0, 0.05) is 0 Å². The van der Waals surface area contributed by atoms with E-state index in [4.69, 9.17) is 9.84 Å². The van der Waals surface area contributed by atoms with Crippen molar-refractivity contribution in [2.75, 3.05) is 0 Å². The second kappa shape index (κ2) is 4.53.